The lowest BCUT2D eigenvalue weighted by Gasteiger charge is -2.30. The van der Waals surface area contributed by atoms with Crippen molar-refractivity contribution >= 4 is 0 Å². The molecule has 2 rings (SSSR count). The number of nitrogens with zero attached hydrogens (tertiary/aromatic N) is 3. The summed E-state index contributed by atoms with van der Waals surface area (Å²) in [6.07, 6.45) is 6.37. The number of aromatic nitrogens is 3. The van der Waals surface area contributed by atoms with Gasteiger partial charge in [-0.1, -0.05) is 6.42 Å². The summed E-state index contributed by atoms with van der Waals surface area (Å²) >= 11 is 0. The number of nitrogens with two attached hydrogens (primary N) is 1. The van der Waals surface area contributed by atoms with Gasteiger partial charge in [-0.3, -0.25) is 4.68 Å². The van der Waals surface area contributed by atoms with E-state index in [9.17, 15) is 0 Å². The van der Waals surface area contributed by atoms with Crippen LogP contribution in [0, 0.1) is 5.92 Å². The van der Waals surface area contributed by atoms with E-state index in [4.69, 9.17) is 5.73 Å². The van der Waals surface area contributed by atoms with E-state index in [1.165, 1.54) is 19.3 Å². The molecule has 0 spiro atoms. The van der Waals surface area contributed by atoms with Crippen molar-refractivity contribution in [1.82, 2.24) is 14.8 Å². The lowest BCUT2D eigenvalue weighted by Crippen LogP contribution is -2.37. The molecule has 1 atom stereocenters. The van der Waals surface area contributed by atoms with Gasteiger partial charge in [-0.05, 0) is 18.8 Å². The van der Waals surface area contributed by atoms with Crippen LogP contribution in [0.15, 0.2) is 6.33 Å². The van der Waals surface area contributed by atoms with Crippen molar-refractivity contribution in [3.63, 3.8) is 0 Å². The molecule has 0 bridgehead atoms. The highest BCUT2D eigenvalue weighted by Crippen LogP contribution is 2.29. The van der Waals surface area contributed by atoms with Gasteiger partial charge in [0.05, 0.1) is 0 Å². The van der Waals surface area contributed by atoms with E-state index >= 15 is 0 Å². The predicted molar refractivity (Wildman–Crippen MR) is 50.0 cm³/mol. The summed E-state index contributed by atoms with van der Waals surface area (Å²) in [5.74, 6) is 1.72. The Morgan fingerprint density at radius 2 is 2.46 bits per heavy atom. The van der Waals surface area contributed by atoms with Crippen molar-refractivity contribution in [2.75, 3.05) is 0 Å². The van der Waals surface area contributed by atoms with Crippen LogP contribution in [0.1, 0.15) is 25.1 Å². The molecule has 1 fully saturated rings. The Labute approximate surface area is 78.1 Å². The third-order valence-corrected chi connectivity index (χ3v) is 2.98. The van der Waals surface area contributed by atoms with Gasteiger partial charge in [0.25, 0.3) is 0 Å². The molecule has 0 aliphatic heterocycles. The van der Waals surface area contributed by atoms with Gasteiger partial charge in [-0.2, -0.15) is 5.10 Å². The third kappa shape index (κ3) is 1.72. The van der Waals surface area contributed by atoms with Gasteiger partial charge in [0.2, 0.25) is 0 Å². The highest BCUT2D eigenvalue weighted by molar-refractivity contribution is 4.92. The summed E-state index contributed by atoms with van der Waals surface area (Å²) in [5.41, 5.74) is 6.06. The molecule has 72 valence electrons. The largest absolute Gasteiger partial charge is 0.327 e. The second-order valence-electron chi connectivity index (χ2n) is 3.86. The van der Waals surface area contributed by atoms with E-state index in [2.05, 4.69) is 10.1 Å². The lowest BCUT2D eigenvalue weighted by atomic mass is 9.79. The van der Waals surface area contributed by atoms with Crippen LogP contribution >= 0.6 is 0 Å². The topological polar surface area (TPSA) is 56.7 Å². The van der Waals surface area contributed by atoms with Gasteiger partial charge in [0.1, 0.15) is 12.2 Å². The van der Waals surface area contributed by atoms with Gasteiger partial charge in [-0.15, -0.1) is 0 Å². The van der Waals surface area contributed by atoms with E-state index in [-0.39, 0.29) is 6.04 Å². The first-order valence-electron chi connectivity index (χ1n) is 4.86. The van der Waals surface area contributed by atoms with Gasteiger partial charge in [0.15, 0.2) is 0 Å². The van der Waals surface area contributed by atoms with Crippen LogP contribution in [-0.2, 0) is 13.5 Å². The molecule has 13 heavy (non-hydrogen) atoms. The van der Waals surface area contributed by atoms with E-state index in [0.29, 0.717) is 0 Å². The van der Waals surface area contributed by atoms with Gasteiger partial charge < -0.3 is 5.73 Å². The van der Waals surface area contributed by atoms with Crippen molar-refractivity contribution in [1.29, 1.82) is 0 Å². The standard InChI is InChI=1S/C9H16N4/c1-13-9(11-6-12-13)5-8(10)7-3-2-4-7/h6-8H,2-5,10H2,1H3. The molecule has 4 heteroatoms. The first-order valence-corrected chi connectivity index (χ1v) is 4.86. The minimum absolute atomic E-state index is 0.275. The fraction of sp³-hybridized carbons (Fsp3) is 0.778. The Morgan fingerprint density at radius 1 is 1.69 bits per heavy atom. The second-order valence-corrected chi connectivity index (χ2v) is 3.86. The molecule has 1 aliphatic carbocycles. The summed E-state index contributed by atoms with van der Waals surface area (Å²) < 4.78 is 1.80. The maximum atomic E-state index is 6.06. The first kappa shape index (κ1) is 8.69. The summed E-state index contributed by atoms with van der Waals surface area (Å²) in [7, 11) is 1.91. The molecule has 0 aromatic carbocycles. The zero-order chi connectivity index (χ0) is 9.26. The minimum atomic E-state index is 0.275. The van der Waals surface area contributed by atoms with Crippen LogP contribution in [0.2, 0.25) is 0 Å². The summed E-state index contributed by atoms with van der Waals surface area (Å²) in [6, 6.07) is 0.275. The Balaban J connectivity index is 1.93. The van der Waals surface area contributed by atoms with Crippen molar-refractivity contribution in [2.45, 2.75) is 31.7 Å². The SMILES string of the molecule is Cn1ncnc1CC(N)C1CCC1. The monoisotopic (exact) mass is 180 g/mol. The minimum Gasteiger partial charge on any atom is -0.327 e. The lowest BCUT2D eigenvalue weighted by molar-refractivity contribution is 0.257. The molecule has 1 aromatic rings. The van der Waals surface area contributed by atoms with Crippen LogP contribution in [-0.4, -0.2) is 20.8 Å². The zero-order valence-electron chi connectivity index (χ0n) is 7.98. The van der Waals surface area contributed by atoms with Crippen molar-refractivity contribution in [3.8, 4) is 0 Å². The number of aryl methyl sites for hydroxylation is 1. The second kappa shape index (κ2) is 3.46. The molecule has 0 saturated heterocycles. The first-order chi connectivity index (χ1) is 6.27. The molecular formula is C9H16N4. The van der Waals surface area contributed by atoms with E-state index < -0.39 is 0 Å². The van der Waals surface area contributed by atoms with Crippen molar-refractivity contribution in [2.24, 2.45) is 18.7 Å². The quantitative estimate of drug-likeness (QED) is 0.736. The van der Waals surface area contributed by atoms with Crippen LogP contribution in [0.25, 0.3) is 0 Å². The summed E-state index contributed by atoms with van der Waals surface area (Å²) in [4.78, 5) is 4.17. The molecule has 1 unspecified atom stereocenters. The van der Waals surface area contributed by atoms with E-state index in [0.717, 1.165) is 18.2 Å². The van der Waals surface area contributed by atoms with Crippen LogP contribution in [0.3, 0.4) is 0 Å². The Morgan fingerprint density at radius 3 is 2.92 bits per heavy atom. The van der Waals surface area contributed by atoms with Crippen LogP contribution in [0.5, 0.6) is 0 Å². The average molecular weight is 180 g/mol. The number of hydrogen-bond donors (Lipinski definition) is 1. The Bertz CT molecular complexity index is 277. The summed E-state index contributed by atoms with van der Waals surface area (Å²) in [5, 5.41) is 4.02. The molecule has 1 heterocycles. The fourth-order valence-electron chi connectivity index (χ4n) is 1.75. The molecule has 2 N–H and O–H groups in total. The number of hydrogen-bond acceptors (Lipinski definition) is 3. The maximum absolute atomic E-state index is 6.06. The highest BCUT2D eigenvalue weighted by atomic mass is 15.3. The highest BCUT2D eigenvalue weighted by Gasteiger charge is 2.25. The average Bonchev–Trinajstić information content (AvgIpc) is 2.32. The Kier molecular flexibility index (Phi) is 2.31. The molecule has 1 aromatic heterocycles. The molecule has 0 radical (unpaired) electrons. The molecule has 0 amide bonds. The maximum Gasteiger partial charge on any atom is 0.138 e. The molecule has 1 aliphatic rings. The van der Waals surface area contributed by atoms with Gasteiger partial charge >= 0.3 is 0 Å². The van der Waals surface area contributed by atoms with Gasteiger partial charge in [0, 0.05) is 19.5 Å². The Hall–Kier alpha value is -0.900. The molecule has 4 nitrogen and oxygen atoms in total. The van der Waals surface area contributed by atoms with Crippen LogP contribution in [0.4, 0.5) is 0 Å². The van der Waals surface area contributed by atoms with Gasteiger partial charge in [-0.25, -0.2) is 4.98 Å². The molecular weight excluding hydrogens is 164 g/mol. The predicted octanol–water partition coefficient (Wildman–Crippen LogP) is 0.485. The van der Waals surface area contributed by atoms with E-state index in [1.54, 1.807) is 11.0 Å². The summed E-state index contributed by atoms with van der Waals surface area (Å²) in [6.45, 7) is 0. The smallest absolute Gasteiger partial charge is 0.138 e. The number of rotatable bonds is 3. The fourth-order valence-corrected chi connectivity index (χ4v) is 1.75. The van der Waals surface area contributed by atoms with Crippen LogP contribution < -0.4 is 5.73 Å². The molecule has 1 saturated carbocycles. The van der Waals surface area contributed by atoms with E-state index in [1.807, 2.05) is 7.05 Å². The zero-order valence-corrected chi connectivity index (χ0v) is 7.98. The normalized spacial score (nSPS) is 19.8. The van der Waals surface area contributed by atoms with Crippen molar-refractivity contribution in [3.05, 3.63) is 12.2 Å². The van der Waals surface area contributed by atoms with Crippen molar-refractivity contribution < 1.29 is 0 Å². The third-order valence-electron chi connectivity index (χ3n) is 2.98.